The molecule has 3 rings (SSSR count). The zero-order valence-corrected chi connectivity index (χ0v) is 18.1. The molecule has 3 aromatic rings. The summed E-state index contributed by atoms with van der Waals surface area (Å²) >= 11 is 0. The van der Waals surface area contributed by atoms with E-state index in [0.717, 1.165) is 17.7 Å². The highest BCUT2D eigenvalue weighted by molar-refractivity contribution is 6.05. The first-order valence-corrected chi connectivity index (χ1v) is 10.3. The summed E-state index contributed by atoms with van der Waals surface area (Å²) in [6, 6.07) is 18.8. The Morgan fingerprint density at radius 1 is 0.824 bits per heavy atom. The van der Waals surface area contributed by atoms with E-state index in [4.69, 9.17) is 0 Å². The second-order valence-corrected chi connectivity index (χ2v) is 7.53. The Balaban J connectivity index is 1.68. The van der Waals surface area contributed by atoms with Crippen molar-refractivity contribution in [2.75, 3.05) is 10.6 Å². The predicted molar refractivity (Wildman–Crippen MR) is 122 cm³/mol. The summed E-state index contributed by atoms with van der Waals surface area (Å²) in [4.78, 5) is 36.7. The molecule has 0 aliphatic heterocycles. The van der Waals surface area contributed by atoms with Crippen molar-refractivity contribution in [1.82, 2.24) is 5.32 Å². The van der Waals surface area contributed by atoms with Gasteiger partial charge in [0, 0.05) is 23.9 Å². The number of carbonyl (C=O) groups excluding carboxylic acids is 3. The number of anilines is 2. The molecule has 0 saturated heterocycles. The van der Waals surface area contributed by atoms with Crippen molar-refractivity contribution in [3.05, 3.63) is 95.6 Å². The van der Waals surface area contributed by atoms with E-state index in [-0.39, 0.29) is 23.6 Å². The summed E-state index contributed by atoms with van der Waals surface area (Å²) in [5.41, 5.74) is 0.365. The van der Waals surface area contributed by atoms with E-state index < -0.39 is 29.6 Å². The molecule has 0 heterocycles. The highest BCUT2D eigenvalue weighted by atomic mass is 19.4. The molecule has 6 nitrogen and oxygen atoms in total. The van der Waals surface area contributed by atoms with Crippen LogP contribution in [0.4, 0.5) is 24.5 Å². The van der Waals surface area contributed by atoms with Crippen molar-refractivity contribution in [1.29, 1.82) is 0 Å². The van der Waals surface area contributed by atoms with E-state index in [9.17, 15) is 27.6 Å². The normalized spacial score (nSPS) is 11.9. The van der Waals surface area contributed by atoms with Crippen LogP contribution in [0.5, 0.6) is 0 Å². The summed E-state index contributed by atoms with van der Waals surface area (Å²) in [5, 5.41) is 7.85. The van der Waals surface area contributed by atoms with Crippen LogP contribution < -0.4 is 16.0 Å². The molecule has 0 fully saturated rings. The number of benzene rings is 3. The van der Waals surface area contributed by atoms with E-state index in [0.29, 0.717) is 5.69 Å². The minimum absolute atomic E-state index is 0.00438. The Hall–Kier alpha value is -4.14. The van der Waals surface area contributed by atoms with Gasteiger partial charge in [-0.05, 0) is 42.0 Å². The Kier molecular flexibility index (Phi) is 7.68. The van der Waals surface area contributed by atoms with Gasteiger partial charge in [-0.1, -0.05) is 42.5 Å². The molecule has 3 aromatic carbocycles. The molecule has 0 aliphatic rings. The van der Waals surface area contributed by atoms with Crippen molar-refractivity contribution in [2.24, 2.45) is 0 Å². The van der Waals surface area contributed by atoms with Gasteiger partial charge in [0.1, 0.15) is 0 Å². The fourth-order valence-corrected chi connectivity index (χ4v) is 3.30. The molecule has 0 radical (unpaired) electrons. The lowest BCUT2D eigenvalue weighted by molar-refractivity contribution is -0.137. The molecule has 0 saturated carbocycles. The molecule has 34 heavy (non-hydrogen) atoms. The van der Waals surface area contributed by atoms with Crippen LogP contribution in [0.2, 0.25) is 0 Å². The molecule has 0 aromatic heterocycles. The molecule has 0 spiro atoms. The quantitative estimate of drug-likeness (QED) is 0.447. The fourth-order valence-electron chi connectivity index (χ4n) is 3.30. The van der Waals surface area contributed by atoms with Gasteiger partial charge in [-0.25, -0.2) is 0 Å². The minimum Gasteiger partial charge on any atom is -0.349 e. The number of carbonyl (C=O) groups is 3. The second kappa shape index (κ2) is 10.7. The molecule has 0 unspecified atom stereocenters. The van der Waals surface area contributed by atoms with Crippen molar-refractivity contribution in [2.45, 2.75) is 25.6 Å². The Bertz CT molecular complexity index is 1180. The maximum absolute atomic E-state index is 12.9. The third-order valence-electron chi connectivity index (χ3n) is 4.83. The minimum atomic E-state index is -4.53. The van der Waals surface area contributed by atoms with Crippen molar-refractivity contribution in [3.63, 3.8) is 0 Å². The summed E-state index contributed by atoms with van der Waals surface area (Å²) < 4.78 is 38.7. The highest BCUT2D eigenvalue weighted by Crippen LogP contribution is 2.30. The molecular weight excluding hydrogens is 447 g/mol. The van der Waals surface area contributed by atoms with E-state index in [2.05, 4.69) is 16.0 Å². The molecule has 1 atom stereocenters. The van der Waals surface area contributed by atoms with Gasteiger partial charge >= 0.3 is 6.18 Å². The summed E-state index contributed by atoms with van der Waals surface area (Å²) in [5.74, 6) is -1.30. The second-order valence-electron chi connectivity index (χ2n) is 7.53. The maximum Gasteiger partial charge on any atom is 0.416 e. The van der Waals surface area contributed by atoms with Crippen LogP contribution in [0.1, 0.15) is 40.9 Å². The topological polar surface area (TPSA) is 87.3 Å². The lowest BCUT2D eigenvalue weighted by atomic mass is 10.0. The summed E-state index contributed by atoms with van der Waals surface area (Å²) in [6.07, 6.45) is -4.57. The third-order valence-corrected chi connectivity index (χ3v) is 4.83. The van der Waals surface area contributed by atoms with Crippen molar-refractivity contribution in [3.8, 4) is 0 Å². The largest absolute Gasteiger partial charge is 0.416 e. The molecule has 3 amide bonds. The lowest BCUT2D eigenvalue weighted by Gasteiger charge is -2.18. The average molecular weight is 469 g/mol. The standard InChI is InChI=1S/C25H22F3N3O3/c1-16(32)29-22(17-7-3-2-4-8-17)15-23(33)30-20-11-5-9-18(13-20)24(34)31-21-12-6-10-19(14-21)25(26,27)28/h2-14,22H,15H2,1H3,(H,29,32)(H,30,33)(H,31,34)/t22-/m0/s1. The van der Waals surface area contributed by atoms with Gasteiger partial charge in [-0.15, -0.1) is 0 Å². The van der Waals surface area contributed by atoms with Crippen molar-refractivity contribution < 1.29 is 27.6 Å². The van der Waals surface area contributed by atoms with E-state index >= 15 is 0 Å². The Labute approximate surface area is 194 Å². The zero-order valence-electron chi connectivity index (χ0n) is 18.1. The Morgan fingerprint density at radius 2 is 1.47 bits per heavy atom. The number of rotatable bonds is 7. The maximum atomic E-state index is 12.9. The van der Waals surface area contributed by atoms with Crippen LogP contribution >= 0.6 is 0 Å². The van der Waals surface area contributed by atoms with E-state index in [1.807, 2.05) is 6.07 Å². The van der Waals surface area contributed by atoms with Gasteiger partial charge in [0.25, 0.3) is 5.91 Å². The van der Waals surface area contributed by atoms with Gasteiger partial charge in [0.2, 0.25) is 11.8 Å². The first-order chi connectivity index (χ1) is 16.1. The SMILES string of the molecule is CC(=O)N[C@@H](CC(=O)Nc1cccc(C(=O)Nc2cccc(C(F)(F)F)c2)c1)c1ccccc1. The number of alkyl halides is 3. The van der Waals surface area contributed by atoms with Crippen LogP contribution in [0.15, 0.2) is 78.9 Å². The molecule has 176 valence electrons. The predicted octanol–water partition coefficient (Wildman–Crippen LogP) is 5.16. The average Bonchev–Trinajstić information content (AvgIpc) is 2.78. The van der Waals surface area contributed by atoms with Gasteiger partial charge in [-0.2, -0.15) is 13.2 Å². The number of amides is 3. The van der Waals surface area contributed by atoms with Crippen LogP contribution in [0.25, 0.3) is 0 Å². The molecule has 3 N–H and O–H groups in total. The van der Waals surface area contributed by atoms with Crippen LogP contribution in [0.3, 0.4) is 0 Å². The zero-order chi connectivity index (χ0) is 24.7. The van der Waals surface area contributed by atoms with Crippen LogP contribution in [-0.4, -0.2) is 17.7 Å². The van der Waals surface area contributed by atoms with Crippen LogP contribution in [0, 0.1) is 0 Å². The van der Waals surface area contributed by atoms with E-state index in [1.54, 1.807) is 36.4 Å². The number of nitrogens with one attached hydrogen (secondary N) is 3. The molecule has 9 heteroatoms. The highest BCUT2D eigenvalue weighted by Gasteiger charge is 2.30. The van der Waals surface area contributed by atoms with Crippen LogP contribution in [-0.2, 0) is 15.8 Å². The third kappa shape index (κ3) is 6.93. The number of halogens is 3. The summed E-state index contributed by atoms with van der Waals surface area (Å²) in [7, 11) is 0. The Morgan fingerprint density at radius 3 is 2.12 bits per heavy atom. The summed E-state index contributed by atoms with van der Waals surface area (Å²) in [6.45, 7) is 1.36. The van der Waals surface area contributed by atoms with E-state index in [1.165, 1.54) is 31.2 Å². The van der Waals surface area contributed by atoms with Gasteiger partial charge in [0.15, 0.2) is 0 Å². The first kappa shape index (κ1) is 24.5. The van der Waals surface area contributed by atoms with Gasteiger partial charge < -0.3 is 16.0 Å². The number of hydrogen-bond acceptors (Lipinski definition) is 3. The monoisotopic (exact) mass is 469 g/mol. The smallest absolute Gasteiger partial charge is 0.349 e. The molecule has 0 bridgehead atoms. The first-order valence-electron chi connectivity index (χ1n) is 10.3. The number of hydrogen-bond donors (Lipinski definition) is 3. The lowest BCUT2D eigenvalue weighted by Crippen LogP contribution is -2.29. The fraction of sp³-hybridized carbons (Fsp3) is 0.160. The van der Waals surface area contributed by atoms with Gasteiger partial charge in [0.05, 0.1) is 18.0 Å². The molecular formula is C25H22F3N3O3. The molecule has 0 aliphatic carbocycles. The van der Waals surface area contributed by atoms with Gasteiger partial charge in [-0.3, -0.25) is 14.4 Å². The van der Waals surface area contributed by atoms with Crippen molar-refractivity contribution >= 4 is 29.1 Å².